The Morgan fingerprint density at radius 3 is 2.50 bits per heavy atom. The van der Waals surface area contributed by atoms with Crippen molar-refractivity contribution in [3.63, 3.8) is 0 Å². The monoisotopic (exact) mass is 294 g/mol. The lowest BCUT2D eigenvalue weighted by Crippen LogP contribution is -2.18. The molecule has 0 bridgehead atoms. The molecule has 0 atom stereocenters. The van der Waals surface area contributed by atoms with Gasteiger partial charge in [0.15, 0.2) is 0 Å². The Kier molecular flexibility index (Phi) is 3.41. The van der Waals surface area contributed by atoms with E-state index in [0.717, 1.165) is 22.4 Å². The first-order valence-corrected chi connectivity index (χ1v) is 7.15. The van der Waals surface area contributed by atoms with Crippen molar-refractivity contribution >= 4 is 22.5 Å². The van der Waals surface area contributed by atoms with Crippen LogP contribution in [0.5, 0.6) is 0 Å². The maximum atomic E-state index is 12.3. The van der Waals surface area contributed by atoms with Crippen LogP contribution >= 0.6 is 0 Å². The highest BCUT2D eigenvalue weighted by Crippen LogP contribution is 2.23. The molecule has 0 aliphatic rings. The van der Waals surface area contributed by atoms with Crippen LogP contribution in [0.1, 0.15) is 37.0 Å². The van der Waals surface area contributed by atoms with E-state index in [0.29, 0.717) is 5.56 Å². The van der Waals surface area contributed by atoms with Crippen LogP contribution in [0.4, 0.5) is 5.69 Å². The smallest absolute Gasteiger partial charge is 0.258 e. The number of carbonyl (C=O) groups excluding carboxylic acids is 1. The van der Waals surface area contributed by atoms with Crippen molar-refractivity contribution in [1.29, 1.82) is 0 Å². The predicted octanol–water partition coefficient (Wildman–Crippen LogP) is 3.51. The number of rotatable bonds is 2. The van der Waals surface area contributed by atoms with Crippen molar-refractivity contribution in [3.05, 3.63) is 54.2 Å². The highest BCUT2D eigenvalue weighted by Gasteiger charge is 2.18. The molecule has 112 valence electrons. The summed E-state index contributed by atoms with van der Waals surface area (Å²) in [5.74, 6) is 0.501. The Morgan fingerprint density at radius 1 is 1.14 bits per heavy atom. The number of anilines is 1. The van der Waals surface area contributed by atoms with Crippen LogP contribution in [0, 0.1) is 0 Å². The molecule has 22 heavy (non-hydrogen) atoms. The van der Waals surface area contributed by atoms with Crippen molar-refractivity contribution in [2.75, 3.05) is 5.32 Å². The summed E-state index contributed by atoms with van der Waals surface area (Å²) in [7, 11) is 0. The van der Waals surface area contributed by atoms with Gasteiger partial charge < -0.3 is 10.3 Å². The highest BCUT2D eigenvalue weighted by atomic mass is 16.1. The third-order valence-corrected chi connectivity index (χ3v) is 3.42. The maximum Gasteiger partial charge on any atom is 0.258 e. The van der Waals surface area contributed by atoms with Gasteiger partial charge in [0, 0.05) is 34.9 Å². The molecule has 3 aromatic rings. The van der Waals surface area contributed by atoms with Crippen molar-refractivity contribution in [2.45, 2.75) is 26.2 Å². The summed E-state index contributed by atoms with van der Waals surface area (Å²) in [4.78, 5) is 24.0. The van der Waals surface area contributed by atoms with E-state index in [1.807, 2.05) is 45.0 Å². The van der Waals surface area contributed by atoms with Crippen LogP contribution < -0.4 is 5.32 Å². The molecule has 0 spiro atoms. The fourth-order valence-electron chi connectivity index (χ4n) is 2.20. The van der Waals surface area contributed by atoms with Crippen molar-refractivity contribution in [3.8, 4) is 0 Å². The summed E-state index contributed by atoms with van der Waals surface area (Å²) in [5.41, 5.74) is 2.04. The van der Waals surface area contributed by atoms with Crippen LogP contribution in [0.3, 0.4) is 0 Å². The number of nitrogens with one attached hydrogen (secondary N) is 2. The Balaban J connectivity index is 1.83. The molecule has 2 N–H and O–H groups in total. The summed E-state index contributed by atoms with van der Waals surface area (Å²) >= 11 is 0. The second kappa shape index (κ2) is 5.26. The maximum absolute atomic E-state index is 12.3. The average Bonchev–Trinajstić information content (AvgIpc) is 2.90. The summed E-state index contributed by atoms with van der Waals surface area (Å²) < 4.78 is 0. The van der Waals surface area contributed by atoms with Gasteiger partial charge in [0.25, 0.3) is 5.91 Å². The van der Waals surface area contributed by atoms with E-state index < -0.39 is 0 Å². The molecular formula is C17H18N4O. The van der Waals surface area contributed by atoms with Crippen LogP contribution in [-0.2, 0) is 5.41 Å². The number of nitrogens with zero attached hydrogens (tertiary/aromatic N) is 2. The summed E-state index contributed by atoms with van der Waals surface area (Å²) in [6.45, 7) is 6.11. The number of para-hydroxylation sites is 1. The highest BCUT2D eigenvalue weighted by molar-refractivity contribution is 6.08. The second-order valence-electron chi connectivity index (χ2n) is 6.25. The minimum Gasteiger partial charge on any atom is -0.359 e. The van der Waals surface area contributed by atoms with Crippen LogP contribution in [0.2, 0.25) is 0 Å². The van der Waals surface area contributed by atoms with Crippen molar-refractivity contribution in [2.24, 2.45) is 0 Å². The van der Waals surface area contributed by atoms with Crippen molar-refractivity contribution in [1.82, 2.24) is 15.0 Å². The fraction of sp³-hybridized carbons (Fsp3) is 0.235. The molecule has 0 saturated carbocycles. The Bertz CT molecular complexity index is 813. The van der Waals surface area contributed by atoms with Crippen molar-refractivity contribution < 1.29 is 4.79 Å². The minimum atomic E-state index is -0.217. The molecule has 2 heterocycles. The lowest BCUT2D eigenvalue weighted by atomic mass is 9.96. The van der Waals surface area contributed by atoms with E-state index in [1.54, 1.807) is 18.6 Å². The molecule has 3 rings (SSSR count). The van der Waals surface area contributed by atoms with Gasteiger partial charge in [-0.25, -0.2) is 9.97 Å². The number of fused-ring (bicyclic) bond motifs is 1. The number of aromatic nitrogens is 3. The summed E-state index contributed by atoms with van der Waals surface area (Å²) in [5, 5.41) is 3.86. The SMILES string of the molecule is CC(C)(C)c1ncc(C(=O)Nc2c[nH]c3ccccc23)cn1. The number of carbonyl (C=O) groups is 1. The van der Waals surface area contributed by atoms with Gasteiger partial charge in [-0.3, -0.25) is 4.79 Å². The topological polar surface area (TPSA) is 70.7 Å². The second-order valence-corrected chi connectivity index (χ2v) is 6.25. The number of hydrogen-bond acceptors (Lipinski definition) is 3. The first-order chi connectivity index (χ1) is 10.4. The zero-order valence-electron chi connectivity index (χ0n) is 12.8. The van der Waals surface area contributed by atoms with Gasteiger partial charge >= 0.3 is 0 Å². The fourth-order valence-corrected chi connectivity index (χ4v) is 2.20. The van der Waals surface area contributed by atoms with Crippen LogP contribution in [0.25, 0.3) is 10.9 Å². The van der Waals surface area contributed by atoms with E-state index in [-0.39, 0.29) is 11.3 Å². The van der Waals surface area contributed by atoms with Crippen LogP contribution in [-0.4, -0.2) is 20.9 Å². The van der Waals surface area contributed by atoms with Gasteiger partial charge in [0.1, 0.15) is 5.82 Å². The molecular weight excluding hydrogens is 276 g/mol. The molecule has 1 aromatic carbocycles. The normalized spacial score (nSPS) is 11.6. The molecule has 5 nitrogen and oxygen atoms in total. The van der Waals surface area contributed by atoms with Gasteiger partial charge in [0.05, 0.1) is 11.3 Å². The average molecular weight is 294 g/mol. The van der Waals surface area contributed by atoms with Gasteiger partial charge in [0.2, 0.25) is 0 Å². The molecule has 0 radical (unpaired) electrons. The molecule has 0 aliphatic heterocycles. The molecule has 0 unspecified atom stereocenters. The summed E-state index contributed by atoms with van der Waals surface area (Å²) in [6, 6.07) is 7.81. The lowest BCUT2D eigenvalue weighted by Gasteiger charge is -2.15. The molecule has 5 heteroatoms. The quantitative estimate of drug-likeness (QED) is 0.760. The van der Waals surface area contributed by atoms with E-state index in [4.69, 9.17) is 0 Å². The standard InChI is InChI=1S/C17H18N4O/c1-17(2,3)16-19-8-11(9-20-16)15(22)21-14-10-18-13-7-5-4-6-12(13)14/h4-10,18H,1-3H3,(H,21,22). The number of H-pyrrole nitrogens is 1. The zero-order chi connectivity index (χ0) is 15.7. The minimum absolute atomic E-state index is 0.133. The molecule has 1 amide bonds. The Labute approximate surface area is 128 Å². The van der Waals surface area contributed by atoms with E-state index in [2.05, 4.69) is 20.3 Å². The van der Waals surface area contributed by atoms with Gasteiger partial charge in [-0.1, -0.05) is 39.0 Å². The number of hydrogen-bond donors (Lipinski definition) is 2. The summed E-state index contributed by atoms with van der Waals surface area (Å²) in [6.07, 6.45) is 4.92. The number of aromatic amines is 1. The third kappa shape index (κ3) is 2.70. The van der Waals surface area contributed by atoms with E-state index >= 15 is 0 Å². The van der Waals surface area contributed by atoms with E-state index in [9.17, 15) is 4.79 Å². The first kappa shape index (κ1) is 14.3. The molecule has 0 aliphatic carbocycles. The molecule has 2 aromatic heterocycles. The largest absolute Gasteiger partial charge is 0.359 e. The lowest BCUT2D eigenvalue weighted by molar-refractivity contribution is 0.102. The van der Waals surface area contributed by atoms with Crippen LogP contribution in [0.15, 0.2) is 42.9 Å². The van der Waals surface area contributed by atoms with Gasteiger partial charge in [-0.15, -0.1) is 0 Å². The molecule has 0 saturated heterocycles. The number of benzene rings is 1. The number of amides is 1. The Morgan fingerprint density at radius 2 is 1.82 bits per heavy atom. The first-order valence-electron chi connectivity index (χ1n) is 7.15. The third-order valence-electron chi connectivity index (χ3n) is 3.42. The van der Waals surface area contributed by atoms with Gasteiger partial charge in [-0.05, 0) is 6.07 Å². The van der Waals surface area contributed by atoms with E-state index in [1.165, 1.54) is 0 Å². The molecule has 0 fully saturated rings. The predicted molar refractivity (Wildman–Crippen MR) is 87.0 cm³/mol. The zero-order valence-corrected chi connectivity index (χ0v) is 12.8. The Hall–Kier alpha value is -2.69. The van der Waals surface area contributed by atoms with Gasteiger partial charge in [-0.2, -0.15) is 0 Å².